The highest BCUT2D eigenvalue weighted by Gasteiger charge is 2.20. The van der Waals surface area contributed by atoms with E-state index in [2.05, 4.69) is 44.0 Å². The van der Waals surface area contributed by atoms with E-state index < -0.39 is 6.61 Å². The molecule has 1 aliphatic rings. The monoisotopic (exact) mass is 383 g/mol. The predicted octanol–water partition coefficient (Wildman–Crippen LogP) is 1.98. The van der Waals surface area contributed by atoms with Gasteiger partial charge in [0.2, 0.25) is 0 Å². The van der Waals surface area contributed by atoms with E-state index in [0.29, 0.717) is 24.1 Å². The van der Waals surface area contributed by atoms with E-state index >= 15 is 0 Å². The van der Waals surface area contributed by atoms with Crippen molar-refractivity contribution in [3.8, 4) is 5.75 Å². The first-order chi connectivity index (χ1) is 13.0. The van der Waals surface area contributed by atoms with Crippen molar-refractivity contribution in [3.63, 3.8) is 0 Å². The van der Waals surface area contributed by atoms with Crippen molar-refractivity contribution in [2.75, 3.05) is 46.3 Å². The van der Waals surface area contributed by atoms with Gasteiger partial charge in [0, 0.05) is 57.9 Å². The van der Waals surface area contributed by atoms with Crippen LogP contribution in [-0.2, 0) is 6.54 Å². The number of nitrogens with zero attached hydrogens (tertiary/aromatic N) is 3. The second-order valence-corrected chi connectivity index (χ2v) is 6.61. The van der Waals surface area contributed by atoms with Crippen LogP contribution in [0.2, 0.25) is 0 Å². The maximum absolute atomic E-state index is 12.5. The van der Waals surface area contributed by atoms with Crippen LogP contribution in [-0.4, -0.2) is 74.7 Å². The van der Waals surface area contributed by atoms with Crippen molar-refractivity contribution < 1.29 is 13.5 Å². The van der Waals surface area contributed by atoms with Crippen LogP contribution in [0, 0.1) is 0 Å². The number of alkyl halides is 2. The summed E-state index contributed by atoms with van der Waals surface area (Å²) in [6.07, 6.45) is 0. The van der Waals surface area contributed by atoms with E-state index in [1.54, 1.807) is 25.2 Å². The summed E-state index contributed by atoms with van der Waals surface area (Å²) in [6, 6.07) is 7.15. The molecule has 0 aromatic heterocycles. The number of ether oxygens (including phenoxy) is 1. The number of hydrogen-bond donors (Lipinski definition) is 2. The van der Waals surface area contributed by atoms with Crippen molar-refractivity contribution in [1.82, 2.24) is 20.4 Å². The highest BCUT2D eigenvalue weighted by atomic mass is 19.3. The second kappa shape index (κ2) is 11.0. The molecule has 1 saturated heterocycles. The number of halogens is 2. The molecule has 0 aliphatic carbocycles. The Bertz CT molecular complexity index is 591. The second-order valence-electron chi connectivity index (χ2n) is 6.61. The van der Waals surface area contributed by atoms with Gasteiger partial charge in [0.15, 0.2) is 5.96 Å². The van der Waals surface area contributed by atoms with Gasteiger partial charge >= 0.3 is 6.61 Å². The first-order valence-corrected chi connectivity index (χ1v) is 9.47. The third kappa shape index (κ3) is 6.95. The summed E-state index contributed by atoms with van der Waals surface area (Å²) in [5.41, 5.74) is 0.657. The minimum atomic E-state index is -2.84. The van der Waals surface area contributed by atoms with E-state index in [1.165, 1.54) is 6.07 Å². The van der Waals surface area contributed by atoms with Crippen LogP contribution < -0.4 is 15.4 Å². The Hall–Kier alpha value is -1.93. The SMILES string of the molecule is CCN1CCN(C(C)CNC(=NC)NCc2ccccc2OC(F)F)CC1. The summed E-state index contributed by atoms with van der Waals surface area (Å²) >= 11 is 0. The number of benzene rings is 1. The quantitative estimate of drug-likeness (QED) is 0.531. The normalized spacial score (nSPS) is 17.8. The zero-order chi connectivity index (χ0) is 19.6. The Morgan fingerprint density at radius 2 is 1.89 bits per heavy atom. The fourth-order valence-corrected chi connectivity index (χ4v) is 3.15. The molecule has 2 N–H and O–H groups in total. The third-order valence-electron chi connectivity index (χ3n) is 4.90. The van der Waals surface area contributed by atoms with E-state index in [0.717, 1.165) is 39.3 Å². The summed E-state index contributed by atoms with van der Waals surface area (Å²) in [4.78, 5) is 9.14. The lowest BCUT2D eigenvalue weighted by molar-refractivity contribution is -0.0504. The molecule has 1 aliphatic heterocycles. The largest absolute Gasteiger partial charge is 0.434 e. The number of guanidine groups is 1. The summed E-state index contributed by atoms with van der Waals surface area (Å²) in [7, 11) is 1.70. The van der Waals surface area contributed by atoms with Crippen LogP contribution in [0.25, 0.3) is 0 Å². The summed E-state index contributed by atoms with van der Waals surface area (Å²) < 4.78 is 29.6. The molecule has 0 bridgehead atoms. The zero-order valence-corrected chi connectivity index (χ0v) is 16.4. The topological polar surface area (TPSA) is 52.1 Å². The van der Waals surface area contributed by atoms with E-state index in [1.807, 2.05) is 0 Å². The molecular formula is C19H31F2N5O. The van der Waals surface area contributed by atoms with Gasteiger partial charge < -0.3 is 20.3 Å². The van der Waals surface area contributed by atoms with Crippen molar-refractivity contribution in [2.24, 2.45) is 4.99 Å². The van der Waals surface area contributed by atoms with Gasteiger partial charge in [-0.05, 0) is 19.5 Å². The minimum Gasteiger partial charge on any atom is -0.434 e. The zero-order valence-electron chi connectivity index (χ0n) is 16.4. The molecule has 8 heteroatoms. The molecule has 27 heavy (non-hydrogen) atoms. The van der Waals surface area contributed by atoms with E-state index in [4.69, 9.17) is 0 Å². The molecule has 1 unspecified atom stereocenters. The molecule has 1 aromatic rings. The van der Waals surface area contributed by atoms with Gasteiger partial charge in [0.1, 0.15) is 5.75 Å². The highest BCUT2D eigenvalue weighted by molar-refractivity contribution is 5.79. The van der Waals surface area contributed by atoms with Gasteiger partial charge in [-0.25, -0.2) is 0 Å². The number of para-hydroxylation sites is 1. The van der Waals surface area contributed by atoms with Crippen molar-refractivity contribution in [1.29, 1.82) is 0 Å². The predicted molar refractivity (Wildman–Crippen MR) is 104 cm³/mol. The van der Waals surface area contributed by atoms with Gasteiger partial charge in [-0.15, -0.1) is 0 Å². The summed E-state index contributed by atoms with van der Waals surface area (Å²) in [6.45, 7) is 8.14. The van der Waals surface area contributed by atoms with E-state index in [-0.39, 0.29) is 5.75 Å². The van der Waals surface area contributed by atoms with Gasteiger partial charge in [-0.3, -0.25) is 9.89 Å². The molecule has 6 nitrogen and oxygen atoms in total. The molecule has 0 radical (unpaired) electrons. The first-order valence-electron chi connectivity index (χ1n) is 9.47. The van der Waals surface area contributed by atoms with Gasteiger partial charge in [-0.2, -0.15) is 8.78 Å². The van der Waals surface area contributed by atoms with Crippen LogP contribution in [0.15, 0.2) is 29.3 Å². The van der Waals surface area contributed by atoms with Crippen molar-refractivity contribution in [3.05, 3.63) is 29.8 Å². The molecule has 1 aromatic carbocycles. The maximum atomic E-state index is 12.5. The van der Waals surface area contributed by atoms with Crippen LogP contribution in [0.4, 0.5) is 8.78 Å². The molecule has 1 atom stereocenters. The average Bonchev–Trinajstić information content (AvgIpc) is 2.68. The number of nitrogens with one attached hydrogen (secondary N) is 2. The number of hydrogen-bond acceptors (Lipinski definition) is 4. The molecule has 0 spiro atoms. The minimum absolute atomic E-state index is 0.178. The van der Waals surface area contributed by atoms with Gasteiger partial charge in [0.25, 0.3) is 0 Å². The third-order valence-corrected chi connectivity index (χ3v) is 4.90. The van der Waals surface area contributed by atoms with Crippen LogP contribution in [0.1, 0.15) is 19.4 Å². The fraction of sp³-hybridized carbons (Fsp3) is 0.632. The highest BCUT2D eigenvalue weighted by Crippen LogP contribution is 2.19. The number of piperazine rings is 1. The van der Waals surface area contributed by atoms with Gasteiger partial charge in [-0.1, -0.05) is 25.1 Å². The molecule has 0 amide bonds. The smallest absolute Gasteiger partial charge is 0.387 e. The fourth-order valence-electron chi connectivity index (χ4n) is 3.15. The maximum Gasteiger partial charge on any atom is 0.387 e. The Morgan fingerprint density at radius 3 is 2.52 bits per heavy atom. The van der Waals surface area contributed by atoms with Crippen molar-refractivity contribution in [2.45, 2.75) is 33.0 Å². The number of likely N-dealkylation sites (N-methyl/N-ethyl adjacent to an activating group) is 1. The summed E-state index contributed by atoms with van der Waals surface area (Å²) in [5.74, 6) is 0.818. The molecule has 1 fully saturated rings. The number of aliphatic imine (C=N–C) groups is 1. The first kappa shape index (κ1) is 21.4. The molecule has 0 saturated carbocycles. The lowest BCUT2D eigenvalue weighted by Crippen LogP contribution is -2.53. The molecular weight excluding hydrogens is 352 g/mol. The lowest BCUT2D eigenvalue weighted by Gasteiger charge is -2.37. The Labute approximate surface area is 160 Å². The average molecular weight is 383 g/mol. The Balaban J connectivity index is 1.79. The Kier molecular flexibility index (Phi) is 8.74. The van der Waals surface area contributed by atoms with Crippen LogP contribution in [0.3, 0.4) is 0 Å². The molecule has 152 valence electrons. The lowest BCUT2D eigenvalue weighted by atomic mass is 10.2. The molecule has 1 heterocycles. The van der Waals surface area contributed by atoms with Crippen molar-refractivity contribution >= 4 is 5.96 Å². The molecule has 2 rings (SSSR count). The Morgan fingerprint density at radius 1 is 1.19 bits per heavy atom. The summed E-state index contributed by atoms with van der Waals surface area (Å²) in [5, 5.41) is 6.48. The van der Waals surface area contributed by atoms with Crippen LogP contribution >= 0.6 is 0 Å². The number of rotatable bonds is 8. The standard InChI is InChI=1S/C19H31F2N5O/c1-4-25-9-11-26(12-10-25)15(2)13-23-19(22-3)24-14-16-7-5-6-8-17(16)27-18(20)21/h5-8,15,18H,4,9-14H2,1-3H3,(H2,22,23,24). The van der Waals surface area contributed by atoms with Crippen LogP contribution in [0.5, 0.6) is 5.75 Å². The van der Waals surface area contributed by atoms with Gasteiger partial charge in [0.05, 0.1) is 0 Å². The van der Waals surface area contributed by atoms with E-state index in [9.17, 15) is 8.78 Å².